The maximum absolute atomic E-state index is 15.1. The molecule has 36 heavy (non-hydrogen) atoms. The zero-order valence-corrected chi connectivity index (χ0v) is 20.1. The Hall–Kier alpha value is -3.57. The normalized spacial score (nSPS) is 17.0. The molecule has 0 saturated carbocycles. The quantitative estimate of drug-likeness (QED) is 0.559. The van der Waals surface area contributed by atoms with Crippen LogP contribution in [0.5, 0.6) is 0 Å². The predicted molar refractivity (Wildman–Crippen MR) is 133 cm³/mol. The number of nitrogens with one attached hydrogen (secondary N) is 1. The number of primary amides is 1. The van der Waals surface area contributed by atoms with Crippen LogP contribution in [0.3, 0.4) is 0 Å². The van der Waals surface area contributed by atoms with Gasteiger partial charge in [0.25, 0.3) is 0 Å². The molecule has 11 heteroatoms. The van der Waals surface area contributed by atoms with Gasteiger partial charge in [0.05, 0.1) is 59.3 Å². The van der Waals surface area contributed by atoms with Crippen molar-refractivity contribution >= 4 is 34.0 Å². The summed E-state index contributed by atoms with van der Waals surface area (Å²) < 4.78 is 34.6. The molecule has 0 spiro atoms. The van der Waals surface area contributed by atoms with Gasteiger partial charge in [-0.15, -0.1) is 0 Å². The minimum Gasteiger partial charge on any atom is -0.378 e. The van der Waals surface area contributed by atoms with E-state index in [-0.39, 0.29) is 10.9 Å². The lowest BCUT2D eigenvalue weighted by molar-refractivity contribution is 0.122. The number of carbonyl (C=O) groups excluding carboxylic acids is 1. The van der Waals surface area contributed by atoms with Crippen molar-refractivity contribution in [1.82, 2.24) is 19.8 Å². The third-order valence-corrected chi connectivity index (χ3v) is 6.77. The zero-order chi connectivity index (χ0) is 25.2. The van der Waals surface area contributed by atoms with Gasteiger partial charge in [0.2, 0.25) is 0 Å². The molecule has 2 fully saturated rings. The Kier molecular flexibility index (Phi) is 6.84. The van der Waals surface area contributed by atoms with Gasteiger partial charge >= 0.3 is 6.03 Å². The lowest BCUT2D eigenvalue weighted by atomic mass is 10.0. The number of urea groups is 1. The van der Waals surface area contributed by atoms with Crippen molar-refractivity contribution in [2.45, 2.75) is 13.5 Å². The summed E-state index contributed by atoms with van der Waals surface area (Å²) in [6.45, 7) is 7.51. The average molecular weight is 498 g/mol. The number of benzene rings is 1. The molecule has 4 heterocycles. The van der Waals surface area contributed by atoms with Crippen molar-refractivity contribution in [2.75, 3.05) is 62.7 Å². The van der Waals surface area contributed by atoms with Crippen molar-refractivity contribution in [1.29, 1.82) is 0 Å². The molecule has 0 atom stereocenters. The number of anilines is 3. The van der Waals surface area contributed by atoms with Gasteiger partial charge in [0.1, 0.15) is 11.6 Å². The van der Waals surface area contributed by atoms with Crippen molar-refractivity contribution in [2.24, 2.45) is 5.73 Å². The molecule has 3 N–H and O–H groups in total. The molecule has 1 aromatic carbocycles. The van der Waals surface area contributed by atoms with Crippen LogP contribution in [-0.2, 0) is 11.3 Å². The van der Waals surface area contributed by atoms with E-state index >= 15 is 4.39 Å². The van der Waals surface area contributed by atoms with Gasteiger partial charge < -0.3 is 25.6 Å². The molecule has 3 aromatic rings. The summed E-state index contributed by atoms with van der Waals surface area (Å²) >= 11 is 0. The van der Waals surface area contributed by atoms with E-state index in [4.69, 9.17) is 10.5 Å². The SMILES string of the molecule is Cc1c(CN2CCN(C(N)=O)CC2)nc2cc(F)cc(F)c2c1Nc1cncc(N2CCOCC2)c1. The van der Waals surface area contributed by atoms with Gasteiger partial charge in [-0.25, -0.2) is 13.6 Å². The van der Waals surface area contributed by atoms with E-state index in [0.717, 1.165) is 30.4 Å². The first kappa shape index (κ1) is 24.1. The topological polar surface area (TPSA) is 99.8 Å². The van der Waals surface area contributed by atoms with Gasteiger partial charge in [0.15, 0.2) is 0 Å². The van der Waals surface area contributed by atoms with Crippen LogP contribution in [0.1, 0.15) is 11.3 Å². The van der Waals surface area contributed by atoms with Crippen molar-refractivity contribution in [3.63, 3.8) is 0 Å². The number of fused-ring (bicyclic) bond motifs is 1. The van der Waals surface area contributed by atoms with Crippen LogP contribution in [-0.4, -0.2) is 78.3 Å². The van der Waals surface area contributed by atoms with E-state index in [1.165, 1.54) is 6.07 Å². The van der Waals surface area contributed by atoms with Crippen molar-refractivity contribution < 1.29 is 18.3 Å². The van der Waals surface area contributed by atoms with Crippen LogP contribution in [0.25, 0.3) is 10.9 Å². The maximum atomic E-state index is 15.1. The first-order valence-corrected chi connectivity index (χ1v) is 12.0. The Balaban J connectivity index is 1.48. The number of pyridine rings is 2. The number of nitrogens with two attached hydrogens (primary N) is 1. The molecule has 0 unspecified atom stereocenters. The van der Waals surface area contributed by atoms with Crippen molar-refractivity contribution in [3.05, 3.63) is 53.5 Å². The lowest BCUT2D eigenvalue weighted by Crippen LogP contribution is -2.50. The van der Waals surface area contributed by atoms with E-state index in [2.05, 4.69) is 25.1 Å². The second kappa shape index (κ2) is 10.2. The third kappa shape index (κ3) is 5.02. The van der Waals surface area contributed by atoms with E-state index in [0.29, 0.717) is 63.0 Å². The first-order valence-electron chi connectivity index (χ1n) is 12.0. The number of carbonyl (C=O) groups is 1. The summed E-state index contributed by atoms with van der Waals surface area (Å²) in [5.41, 5.74) is 9.28. The van der Waals surface area contributed by atoms with Crippen LogP contribution >= 0.6 is 0 Å². The number of ether oxygens (including phenoxy) is 1. The Bertz CT molecular complexity index is 1270. The number of morpholine rings is 1. The fraction of sp³-hybridized carbons (Fsp3) is 0.400. The van der Waals surface area contributed by atoms with Crippen LogP contribution in [0.4, 0.5) is 30.6 Å². The molecule has 0 aliphatic carbocycles. The van der Waals surface area contributed by atoms with Crippen LogP contribution in [0.15, 0.2) is 30.6 Å². The van der Waals surface area contributed by atoms with Crippen LogP contribution in [0, 0.1) is 18.6 Å². The molecule has 2 aliphatic rings. The van der Waals surface area contributed by atoms with E-state index < -0.39 is 17.7 Å². The molecule has 190 valence electrons. The van der Waals surface area contributed by atoms with Gasteiger partial charge in [-0.3, -0.25) is 14.9 Å². The van der Waals surface area contributed by atoms with E-state index in [9.17, 15) is 9.18 Å². The van der Waals surface area contributed by atoms with Gasteiger partial charge in [0, 0.05) is 57.9 Å². The van der Waals surface area contributed by atoms with Gasteiger partial charge in [-0.2, -0.15) is 0 Å². The largest absolute Gasteiger partial charge is 0.378 e. The number of piperazine rings is 1. The molecule has 2 aromatic heterocycles. The molecule has 9 nitrogen and oxygen atoms in total. The fourth-order valence-electron chi connectivity index (χ4n) is 4.74. The molecule has 2 saturated heterocycles. The fourth-order valence-corrected chi connectivity index (χ4v) is 4.74. The molecule has 5 rings (SSSR count). The number of halogens is 2. The highest BCUT2D eigenvalue weighted by atomic mass is 19.1. The molecular weight excluding hydrogens is 468 g/mol. The number of hydrogen-bond acceptors (Lipinski definition) is 7. The lowest BCUT2D eigenvalue weighted by Gasteiger charge is -2.34. The summed E-state index contributed by atoms with van der Waals surface area (Å²) in [6.07, 6.45) is 3.47. The van der Waals surface area contributed by atoms with Crippen LogP contribution in [0.2, 0.25) is 0 Å². The highest BCUT2D eigenvalue weighted by Gasteiger charge is 2.23. The monoisotopic (exact) mass is 497 g/mol. The highest BCUT2D eigenvalue weighted by Crippen LogP contribution is 2.34. The van der Waals surface area contributed by atoms with E-state index in [1.54, 1.807) is 17.3 Å². The molecule has 2 aliphatic heterocycles. The minimum atomic E-state index is -0.681. The highest BCUT2D eigenvalue weighted by molar-refractivity contribution is 5.95. The standard InChI is InChI=1S/C25H29F2N7O2/c1-16-22(15-32-2-4-34(5-3-32)25(28)35)31-21-11-17(26)10-20(27)23(21)24(16)30-18-12-19(14-29-13-18)33-6-8-36-9-7-33/h10-14H,2-9,15H2,1H3,(H2,28,35)(H,30,31). The third-order valence-electron chi connectivity index (χ3n) is 6.77. The average Bonchev–Trinajstić information content (AvgIpc) is 2.87. The molecule has 0 bridgehead atoms. The first-order chi connectivity index (χ1) is 17.4. The van der Waals surface area contributed by atoms with Crippen molar-refractivity contribution in [3.8, 4) is 0 Å². The smallest absolute Gasteiger partial charge is 0.314 e. The summed E-state index contributed by atoms with van der Waals surface area (Å²) in [6, 6.07) is 3.66. The predicted octanol–water partition coefficient (Wildman–Crippen LogP) is 2.99. The number of hydrogen-bond donors (Lipinski definition) is 2. The second-order valence-electron chi connectivity index (χ2n) is 9.10. The Morgan fingerprint density at radius 3 is 2.56 bits per heavy atom. The summed E-state index contributed by atoms with van der Waals surface area (Å²) in [5.74, 6) is -1.36. The summed E-state index contributed by atoms with van der Waals surface area (Å²) in [5, 5.41) is 3.57. The Morgan fingerprint density at radius 1 is 1.08 bits per heavy atom. The molecule has 2 amide bonds. The van der Waals surface area contributed by atoms with E-state index in [1.807, 2.05) is 13.0 Å². The Labute approximate surface area is 207 Å². The molecule has 0 radical (unpaired) electrons. The maximum Gasteiger partial charge on any atom is 0.314 e. The summed E-state index contributed by atoms with van der Waals surface area (Å²) in [7, 11) is 0. The number of aromatic nitrogens is 2. The Morgan fingerprint density at radius 2 is 1.83 bits per heavy atom. The van der Waals surface area contributed by atoms with Gasteiger partial charge in [-0.1, -0.05) is 0 Å². The second-order valence-corrected chi connectivity index (χ2v) is 9.10. The zero-order valence-electron chi connectivity index (χ0n) is 20.1. The molecular formula is C25H29F2N7O2. The van der Waals surface area contributed by atoms with Crippen LogP contribution < -0.4 is 16.0 Å². The minimum absolute atomic E-state index is 0.230. The summed E-state index contributed by atoms with van der Waals surface area (Å²) in [4.78, 5) is 26.4. The number of rotatable bonds is 5. The van der Waals surface area contributed by atoms with Gasteiger partial charge in [-0.05, 0) is 18.6 Å². The number of nitrogens with zero attached hydrogens (tertiary/aromatic N) is 5. The number of amides is 2.